The summed E-state index contributed by atoms with van der Waals surface area (Å²) in [7, 11) is 0. The van der Waals surface area contributed by atoms with Crippen LogP contribution in [0.15, 0.2) is 88.6 Å². The number of furan rings is 1. The Hall–Kier alpha value is -4.92. The molecular weight excluding hydrogens is 428 g/mol. The largest absolute Gasteiger partial charge is 0.477 e. The molecule has 0 unspecified atom stereocenters. The van der Waals surface area contributed by atoms with Gasteiger partial charge in [0.05, 0.1) is 0 Å². The van der Waals surface area contributed by atoms with Crippen LogP contribution in [0.3, 0.4) is 0 Å². The molecule has 1 aromatic heterocycles. The Labute approximate surface area is 187 Å². The van der Waals surface area contributed by atoms with Crippen molar-refractivity contribution in [1.82, 2.24) is 10.6 Å². The van der Waals surface area contributed by atoms with Crippen LogP contribution in [0.5, 0.6) is 0 Å². The van der Waals surface area contributed by atoms with Gasteiger partial charge in [-0.1, -0.05) is 36.4 Å². The van der Waals surface area contributed by atoms with Gasteiger partial charge in [-0.05, 0) is 36.4 Å². The molecule has 2 amide bonds. The highest BCUT2D eigenvalue weighted by Gasteiger charge is 2.16. The molecule has 3 rings (SSSR count). The maximum atomic E-state index is 12.2. The minimum atomic E-state index is -1.39. The average molecular weight is 446 g/mol. The standard InChI is InChI=1S/C24H18N2O7/c27-21(15-7-3-1-4-8-15)25-19(23(29)30)13-17-11-12-18(33-17)14-20(24(31)32)26-22(28)16-9-5-2-6-10-16/h1-14H,(H,25,27)(H,26,28)(H,29,30)(H,31,32)/b19-13-,20-14-. The molecule has 0 spiro atoms. The van der Waals surface area contributed by atoms with Gasteiger partial charge in [0.25, 0.3) is 11.8 Å². The topological polar surface area (TPSA) is 146 Å². The highest BCUT2D eigenvalue weighted by Crippen LogP contribution is 2.15. The maximum Gasteiger partial charge on any atom is 0.352 e. The third-order valence-corrected chi connectivity index (χ3v) is 4.25. The first-order valence-electron chi connectivity index (χ1n) is 9.56. The molecule has 4 N–H and O–H groups in total. The van der Waals surface area contributed by atoms with Crippen LogP contribution in [0.2, 0.25) is 0 Å². The monoisotopic (exact) mass is 446 g/mol. The predicted molar refractivity (Wildman–Crippen MR) is 118 cm³/mol. The van der Waals surface area contributed by atoms with Gasteiger partial charge in [0.2, 0.25) is 0 Å². The lowest BCUT2D eigenvalue weighted by Gasteiger charge is -2.06. The number of carbonyl (C=O) groups is 4. The summed E-state index contributed by atoms with van der Waals surface area (Å²) in [5.41, 5.74) is -0.338. The van der Waals surface area contributed by atoms with Crippen LogP contribution >= 0.6 is 0 Å². The molecule has 9 nitrogen and oxygen atoms in total. The number of carboxylic acid groups (broad SMARTS) is 2. The van der Waals surface area contributed by atoms with Gasteiger partial charge in [-0.2, -0.15) is 0 Å². The van der Waals surface area contributed by atoms with Crippen molar-refractivity contribution in [3.8, 4) is 0 Å². The lowest BCUT2D eigenvalue weighted by Crippen LogP contribution is -2.27. The third-order valence-electron chi connectivity index (χ3n) is 4.25. The first-order valence-corrected chi connectivity index (χ1v) is 9.56. The fourth-order valence-electron chi connectivity index (χ4n) is 2.68. The summed E-state index contributed by atoms with van der Waals surface area (Å²) in [6.07, 6.45) is 2.17. The van der Waals surface area contributed by atoms with Gasteiger partial charge < -0.3 is 25.3 Å². The number of benzene rings is 2. The summed E-state index contributed by atoms with van der Waals surface area (Å²) in [5.74, 6) is -3.93. The summed E-state index contributed by atoms with van der Waals surface area (Å²) >= 11 is 0. The molecule has 0 aliphatic rings. The smallest absolute Gasteiger partial charge is 0.352 e. The van der Waals surface area contributed by atoms with Crippen LogP contribution in [-0.4, -0.2) is 34.0 Å². The second-order valence-corrected chi connectivity index (χ2v) is 6.61. The van der Waals surface area contributed by atoms with Crippen molar-refractivity contribution in [2.75, 3.05) is 0 Å². The summed E-state index contributed by atoms with van der Waals surface area (Å²) in [4.78, 5) is 47.5. The van der Waals surface area contributed by atoms with Gasteiger partial charge in [0.1, 0.15) is 22.9 Å². The van der Waals surface area contributed by atoms with Crippen molar-refractivity contribution >= 4 is 35.9 Å². The van der Waals surface area contributed by atoms with Crippen LogP contribution in [0, 0.1) is 0 Å². The molecule has 2 aromatic carbocycles. The quantitative estimate of drug-likeness (QED) is 0.389. The number of carboxylic acids is 2. The lowest BCUT2D eigenvalue weighted by molar-refractivity contribution is -0.133. The number of amides is 2. The zero-order valence-electron chi connectivity index (χ0n) is 17.0. The van der Waals surface area contributed by atoms with E-state index in [1.807, 2.05) is 0 Å². The second kappa shape index (κ2) is 10.4. The number of nitrogens with one attached hydrogen (secondary N) is 2. The van der Waals surface area contributed by atoms with E-state index in [2.05, 4.69) is 10.6 Å². The van der Waals surface area contributed by atoms with E-state index in [9.17, 15) is 29.4 Å². The van der Waals surface area contributed by atoms with E-state index in [0.717, 1.165) is 12.2 Å². The summed E-state index contributed by atoms with van der Waals surface area (Å²) in [5, 5.41) is 23.4. The van der Waals surface area contributed by atoms with Gasteiger partial charge in [-0.25, -0.2) is 9.59 Å². The van der Waals surface area contributed by atoms with E-state index >= 15 is 0 Å². The normalized spacial score (nSPS) is 11.5. The molecule has 33 heavy (non-hydrogen) atoms. The van der Waals surface area contributed by atoms with Gasteiger partial charge in [-0.3, -0.25) is 9.59 Å². The van der Waals surface area contributed by atoms with Crippen molar-refractivity contribution in [3.05, 3.63) is 107 Å². The highest BCUT2D eigenvalue weighted by atomic mass is 16.4. The first-order chi connectivity index (χ1) is 15.8. The summed E-state index contributed by atoms with van der Waals surface area (Å²) in [6.45, 7) is 0. The molecule has 1 heterocycles. The van der Waals surface area contributed by atoms with Crippen molar-refractivity contribution in [3.63, 3.8) is 0 Å². The number of hydrogen-bond acceptors (Lipinski definition) is 5. The Kier molecular flexibility index (Phi) is 7.17. The summed E-state index contributed by atoms with van der Waals surface area (Å²) in [6, 6.07) is 18.9. The fourth-order valence-corrected chi connectivity index (χ4v) is 2.68. The third kappa shape index (κ3) is 6.28. The van der Waals surface area contributed by atoms with Crippen LogP contribution in [-0.2, 0) is 9.59 Å². The SMILES string of the molecule is O=C(O)/C(=C/c1ccc(/C=C(\NC(=O)c2ccccc2)C(=O)O)o1)NC(=O)c1ccccc1. The molecule has 0 fully saturated rings. The second-order valence-electron chi connectivity index (χ2n) is 6.61. The molecule has 9 heteroatoms. The Morgan fingerprint density at radius 1 is 0.606 bits per heavy atom. The van der Waals surface area contributed by atoms with Gasteiger partial charge in [0.15, 0.2) is 0 Å². The molecular formula is C24H18N2O7. The highest BCUT2D eigenvalue weighted by molar-refractivity contribution is 6.03. The number of hydrogen-bond donors (Lipinski definition) is 4. The van der Waals surface area contributed by atoms with E-state index in [1.165, 1.54) is 36.4 Å². The average Bonchev–Trinajstić information content (AvgIpc) is 3.26. The minimum absolute atomic E-state index is 0.0473. The Balaban J connectivity index is 1.79. The molecule has 0 saturated heterocycles. The molecule has 0 saturated carbocycles. The van der Waals surface area contributed by atoms with Gasteiger partial charge >= 0.3 is 11.9 Å². The molecule has 3 aromatic rings. The number of aliphatic carboxylic acids is 2. The van der Waals surface area contributed by atoms with Crippen LogP contribution in [0.1, 0.15) is 32.2 Å². The molecule has 0 aliphatic carbocycles. The maximum absolute atomic E-state index is 12.2. The minimum Gasteiger partial charge on any atom is -0.477 e. The van der Waals surface area contributed by atoms with Crippen LogP contribution in [0.4, 0.5) is 0 Å². The van der Waals surface area contributed by atoms with Crippen molar-refractivity contribution in [2.45, 2.75) is 0 Å². The van der Waals surface area contributed by atoms with Crippen LogP contribution in [0.25, 0.3) is 12.2 Å². The van der Waals surface area contributed by atoms with Crippen LogP contribution < -0.4 is 10.6 Å². The molecule has 0 aliphatic heterocycles. The van der Waals surface area contributed by atoms with Crippen molar-refractivity contribution in [1.29, 1.82) is 0 Å². The van der Waals surface area contributed by atoms with Crippen molar-refractivity contribution < 1.29 is 33.8 Å². The fraction of sp³-hybridized carbons (Fsp3) is 0. The molecule has 166 valence electrons. The zero-order valence-corrected chi connectivity index (χ0v) is 17.0. The van der Waals surface area contributed by atoms with Gasteiger partial charge in [-0.15, -0.1) is 0 Å². The molecule has 0 atom stereocenters. The molecule has 0 bridgehead atoms. The molecule has 0 radical (unpaired) electrons. The van der Waals surface area contributed by atoms with E-state index in [1.54, 1.807) is 36.4 Å². The zero-order chi connectivity index (χ0) is 23.8. The van der Waals surface area contributed by atoms with E-state index in [0.29, 0.717) is 0 Å². The van der Waals surface area contributed by atoms with E-state index in [4.69, 9.17) is 4.42 Å². The number of rotatable bonds is 8. The predicted octanol–water partition coefficient (Wildman–Crippen LogP) is 2.99. The van der Waals surface area contributed by atoms with Gasteiger partial charge in [0, 0.05) is 23.3 Å². The lowest BCUT2D eigenvalue weighted by atomic mass is 10.2. The Morgan fingerprint density at radius 3 is 1.30 bits per heavy atom. The number of carbonyl (C=O) groups excluding carboxylic acids is 2. The Bertz CT molecular complexity index is 1150. The van der Waals surface area contributed by atoms with E-state index < -0.39 is 35.1 Å². The van der Waals surface area contributed by atoms with E-state index in [-0.39, 0.29) is 22.6 Å². The first kappa shape index (κ1) is 22.8. The van der Waals surface area contributed by atoms with Crippen molar-refractivity contribution in [2.24, 2.45) is 0 Å². The Morgan fingerprint density at radius 2 is 0.970 bits per heavy atom. The summed E-state index contributed by atoms with van der Waals surface area (Å²) < 4.78 is 5.44.